The molecule has 0 fully saturated rings. The zero-order valence-corrected chi connectivity index (χ0v) is 31.4. The summed E-state index contributed by atoms with van der Waals surface area (Å²) in [5.74, 6) is -0.830. The minimum absolute atomic E-state index is 0.0263. The number of likely N-dealkylation sites (N-methyl/N-ethyl adjacent to an activating group) is 1. The van der Waals surface area contributed by atoms with Crippen LogP contribution < -0.4 is 4.89 Å². The normalized spacial score (nSPS) is 13.8. The molecule has 0 aliphatic rings. The molecule has 0 N–H and O–H groups in total. The van der Waals surface area contributed by atoms with Crippen molar-refractivity contribution in [1.82, 2.24) is 0 Å². The molecule has 2 atom stereocenters. The molecule has 0 spiro atoms. The fourth-order valence-corrected chi connectivity index (χ4v) is 5.85. The summed E-state index contributed by atoms with van der Waals surface area (Å²) in [4.78, 5) is 37.2. The number of nitrogens with zero attached hydrogens (tertiary/aromatic N) is 1. The van der Waals surface area contributed by atoms with E-state index in [2.05, 4.69) is 13.8 Å². The van der Waals surface area contributed by atoms with Crippen molar-refractivity contribution >= 4 is 19.8 Å². The second-order valence-electron chi connectivity index (χ2n) is 14.0. The third-order valence-corrected chi connectivity index (χ3v) is 9.09. The van der Waals surface area contributed by atoms with Crippen LogP contribution in [0, 0.1) is 0 Å². The Hall–Kier alpha value is -0.990. The van der Waals surface area contributed by atoms with Gasteiger partial charge in [-0.1, -0.05) is 142 Å². The van der Waals surface area contributed by atoms with Crippen LogP contribution in [-0.2, 0) is 32.7 Å². The molecule has 0 aliphatic heterocycles. The van der Waals surface area contributed by atoms with Gasteiger partial charge in [0.1, 0.15) is 19.8 Å². The van der Waals surface area contributed by atoms with Crippen LogP contribution >= 0.6 is 7.82 Å². The van der Waals surface area contributed by atoms with Crippen molar-refractivity contribution in [3.63, 3.8) is 0 Å². The molecule has 0 aromatic carbocycles. The molecule has 0 aromatic heterocycles. The molecule has 10 heteroatoms. The lowest BCUT2D eigenvalue weighted by atomic mass is 10.0. The molecule has 0 radical (unpaired) electrons. The first-order chi connectivity index (χ1) is 22.0. The summed E-state index contributed by atoms with van der Waals surface area (Å²) >= 11 is 0. The summed E-state index contributed by atoms with van der Waals surface area (Å²) in [5.41, 5.74) is 0. The van der Waals surface area contributed by atoms with Crippen LogP contribution in [0.5, 0.6) is 0 Å². The Balaban J connectivity index is 4.42. The molecule has 9 nitrogen and oxygen atoms in total. The van der Waals surface area contributed by atoms with Crippen LogP contribution in [0.4, 0.5) is 0 Å². The summed E-state index contributed by atoms with van der Waals surface area (Å²) in [6.45, 7) is 4.20. The van der Waals surface area contributed by atoms with E-state index in [0.717, 1.165) is 32.1 Å². The monoisotopic (exact) mass is 677 g/mol. The van der Waals surface area contributed by atoms with Gasteiger partial charge in [-0.2, -0.15) is 0 Å². The molecule has 0 saturated carbocycles. The van der Waals surface area contributed by atoms with Gasteiger partial charge in [0.2, 0.25) is 0 Å². The average molecular weight is 678 g/mol. The topological polar surface area (TPSA) is 111 Å². The lowest BCUT2D eigenvalue weighted by Crippen LogP contribution is -2.37. The Kier molecular flexibility index (Phi) is 29.4. The molecular formula is C36H72NO8P. The molecule has 0 saturated heterocycles. The number of unbranched alkanes of at least 4 members (excludes halogenated alkanes) is 20. The van der Waals surface area contributed by atoms with Crippen molar-refractivity contribution < 1.29 is 42.1 Å². The Morgan fingerprint density at radius 1 is 0.587 bits per heavy atom. The van der Waals surface area contributed by atoms with Crippen LogP contribution in [0.15, 0.2) is 0 Å². The van der Waals surface area contributed by atoms with Crippen LogP contribution in [0.2, 0.25) is 0 Å². The van der Waals surface area contributed by atoms with Gasteiger partial charge in [0.25, 0.3) is 7.82 Å². The predicted molar refractivity (Wildman–Crippen MR) is 185 cm³/mol. The zero-order valence-electron chi connectivity index (χ0n) is 30.5. The van der Waals surface area contributed by atoms with E-state index in [1.165, 1.54) is 103 Å². The Morgan fingerprint density at radius 3 is 1.39 bits per heavy atom. The van der Waals surface area contributed by atoms with E-state index >= 15 is 0 Å². The number of carbonyl (C=O) groups excluding carboxylic acids is 2. The van der Waals surface area contributed by atoms with Gasteiger partial charge < -0.3 is 27.9 Å². The molecule has 0 bridgehead atoms. The minimum atomic E-state index is -4.60. The minimum Gasteiger partial charge on any atom is -0.756 e. The fraction of sp³-hybridized carbons (Fsp3) is 0.944. The van der Waals surface area contributed by atoms with Crippen molar-refractivity contribution in [2.24, 2.45) is 0 Å². The zero-order chi connectivity index (χ0) is 34.4. The van der Waals surface area contributed by atoms with Crippen LogP contribution in [0.25, 0.3) is 0 Å². The van der Waals surface area contributed by atoms with Crippen LogP contribution in [0.1, 0.15) is 168 Å². The Morgan fingerprint density at radius 2 is 0.978 bits per heavy atom. The first-order valence-corrected chi connectivity index (χ1v) is 20.2. The molecule has 0 aromatic rings. The summed E-state index contributed by atoms with van der Waals surface area (Å²) < 4.78 is 33.7. The SMILES string of the molecule is CCCCCCCCCCCCCCCC(=O)OC(COC(=O)CCCCCCCCCCC)COP(=O)([O-])OCC[N+](C)(C)C. The lowest BCUT2D eigenvalue weighted by molar-refractivity contribution is -0.870. The average Bonchev–Trinajstić information content (AvgIpc) is 2.99. The lowest BCUT2D eigenvalue weighted by Gasteiger charge is -2.28. The molecule has 0 rings (SSSR count). The largest absolute Gasteiger partial charge is 0.756 e. The van der Waals surface area contributed by atoms with E-state index in [4.69, 9.17) is 18.5 Å². The van der Waals surface area contributed by atoms with Crippen molar-refractivity contribution in [2.45, 2.75) is 174 Å². The van der Waals surface area contributed by atoms with E-state index in [1.54, 1.807) is 0 Å². The van der Waals surface area contributed by atoms with Gasteiger partial charge in [-0.05, 0) is 12.8 Å². The maximum Gasteiger partial charge on any atom is 0.306 e. The summed E-state index contributed by atoms with van der Waals surface area (Å²) in [6.07, 6.45) is 25.6. The van der Waals surface area contributed by atoms with Gasteiger partial charge in [0.15, 0.2) is 6.10 Å². The van der Waals surface area contributed by atoms with Crippen molar-refractivity contribution in [3.8, 4) is 0 Å². The van der Waals surface area contributed by atoms with Gasteiger partial charge in [0, 0.05) is 12.8 Å². The van der Waals surface area contributed by atoms with Gasteiger partial charge >= 0.3 is 11.9 Å². The molecular weight excluding hydrogens is 605 g/mol. The van der Waals surface area contributed by atoms with Gasteiger partial charge in [-0.15, -0.1) is 0 Å². The highest BCUT2D eigenvalue weighted by molar-refractivity contribution is 7.45. The highest BCUT2D eigenvalue weighted by atomic mass is 31.2. The van der Waals surface area contributed by atoms with Crippen molar-refractivity contribution in [1.29, 1.82) is 0 Å². The number of hydrogen-bond donors (Lipinski definition) is 0. The molecule has 0 aliphatic carbocycles. The summed E-state index contributed by atoms with van der Waals surface area (Å²) in [7, 11) is 1.17. The van der Waals surface area contributed by atoms with E-state index < -0.39 is 26.5 Å². The number of quaternary nitrogens is 1. The predicted octanol–water partition coefficient (Wildman–Crippen LogP) is 9.05. The van der Waals surface area contributed by atoms with E-state index in [1.807, 2.05) is 21.1 Å². The molecule has 0 amide bonds. The van der Waals surface area contributed by atoms with Gasteiger partial charge in [0.05, 0.1) is 27.7 Å². The standard InChI is InChI=1S/C36H72NO8P/c1-6-8-10-12-14-16-17-18-19-21-23-25-27-29-36(39)45-34(33-44-46(40,41)43-31-30-37(3,4)5)32-42-35(38)28-26-24-22-20-15-13-11-9-7-2/h34H,6-33H2,1-5H3. The van der Waals surface area contributed by atoms with Gasteiger partial charge in [-0.3, -0.25) is 14.2 Å². The first kappa shape index (κ1) is 45.0. The van der Waals surface area contributed by atoms with Crippen LogP contribution in [-0.4, -0.2) is 70.0 Å². The van der Waals surface area contributed by atoms with Crippen LogP contribution in [0.3, 0.4) is 0 Å². The van der Waals surface area contributed by atoms with E-state index in [9.17, 15) is 19.0 Å². The smallest absolute Gasteiger partial charge is 0.306 e. The number of hydrogen-bond acceptors (Lipinski definition) is 8. The molecule has 0 heterocycles. The number of carbonyl (C=O) groups is 2. The molecule has 46 heavy (non-hydrogen) atoms. The fourth-order valence-electron chi connectivity index (χ4n) is 5.12. The number of phosphoric ester groups is 1. The number of rotatable bonds is 34. The van der Waals surface area contributed by atoms with Gasteiger partial charge in [-0.25, -0.2) is 0 Å². The third-order valence-electron chi connectivity index (χ3n) is 8.13. The summed E-state index contributed by atoms with van der Waals surface area (Å²) in [6, 6.07) is 0. The second kappa shape index (κ2) is 30.1. The molecule has 2 unspecified atom stereocenters. The second-order valence-corrected chi connectivity index (χ2v) is 15.4. The first-order valence-electron chi connectivity index (χ1n) is 18.7. The quantitative estimate of drug-likeness (QED) is 0.0287. The van der Waals surface area contributed by atoms with Crippen molar-refractivity contribution in [3.05, 3.63) is 0 Å². The highest BCUT2D eigenvalue weighted by Gasteiger charge is 2.21. The number of esters is 2. The third kappa shape index (κ3) is 32.9. The van der Waals surface area contributed by atoms with E-state index in [-0.39, 0.29) is 32.0 Å². The maximum absolute atomic E-state index is 12.6. The Labute approximate surface area is 283 Å². The van der Waals surface area contributed by atoms with Crippen molar-refractivity contribution in [2.75, 3.05) is 47.5 Å². The number of ether oxygens (including phenoxy) is 2. The molecule has 274 valence electrons. The highest BCUT2D eigenvalue weighted by Crippen LogP contribution is 2.38. The number of phosphoric acid groups is 1. The Bertz CT molecular complexity index is 774. The summed E-state index contributed by atoms with van der Waals surface area (Å²) in [5, 5.41) is 0. The maximum atomic E-state index is 12.6. The van der Waals surface area contributed by atoms with E-state index in [0.29, 0.717) is 17.4 Å².